The molecule has 74 valence electrons. The van der Waals surface area contributed by atoms with E-state index in [9.17, 15) is 4.79 Å². The maximum atomic E-state index is 10.9. The molecule has 0 heterocycles. The molecule has 0 bridgehead atoms. The van der Waals surface area contributed by atoms with E-state index >= 15 is 0 Å². The predicted octanol–water partition coefficient (Wildman–Crippen LogP) is 2.48. The Morgan fingerprint density at radius 2 is 2.15 bits per heavy atom. The van der Waals surface area contributed by atoms with Crippen molar-refractivity contribution in [2.45, 2.75) is 45.1 Å². The lowest BCUT2D eigenvalue weighted by Gasteiger charge is -2.22. The molecule has 1 rings (SSSR count). The van der Waals surface area contributed by atoms with Crippen LogP contribution in [0.4, 0.5) is 0 Å². The summed E-state index contributed by atoms with van der Waals surface area (Å²) in [6, 6.07) is 0. The van der Waals surface area contributed by atoms with Crippen molar-refractivity contribution in [3.8, 4) is 0 Å². The first-order chi connectivity index (χ1) is 6.03. The average Bonchev–Trinajstić information content (AvgIpc) is 2.48. The van der Waals surface area contributed by atoms with E-state index in [4.69, 9.17) is 4.74 Å². The van der Waals surface area contributed by atoms with Gasteiger partial charge in [-0.15, -0.1) is 0 Å². The Hall–Kier alpha value is -0.630. The van der Waals surface area contributed by atoms with Crippen LogP contribution in [0.15, 0.2) is 11.6 Å². The molecule has 0 aromatic carbocycles. The minimum Gasteiger partial charge on any atom is -0.379 e. The summed E-state index contributed by atoms with van der Waals surface area (Å²) in [6.45, 7) is 4.15. The van der Waals surface area contributed by atoms with Crippen LogP contribution in [0.1, 0.15) is 39.5 Å². The minimum atomic E-state index is -0.0630. The maximum absolute atomic E-state index is 10.9. The van der Waals surface area contributed by atoms with Gasteiger partial charge in [0.15, 0.2) is 5.78 Å². The Bertz CT molecular complexity index is 226. The molecule has 0 aliphatic heterocycles. The van der Waals surface area contributed by atoms with Gasteiger partial charge in [-0.1, -0.05) is 5.57 Å². The fraction of sp³-hybridized carbons (Fsp3) is 0.727. The highest BCUT2D eigenvalue weighted by molar-refractivity contribution is 5.92. The molecular formula is C11H18O2. The number of hydrogen-bond acceptors (Lipinski definition) is 2. The number of allylic oxidation sites excluding steroid dienone is 2. The van der Waals surface area contributed by atoms with Crippen molar-refractivity contribution in [2.24, 2.45) is 0 Å². The van der Waals surface area contributed by atoms with Crippen LogP contribution in [0.3, 0.4) is 0 Å². The van der Waals surface area contributed by atoms with Crippen molar-refractivity contribution in [3.63, 3.8) is 0 Å². The number of methoxy groups -OCH3 is 1. The molecule has 0 N–H and O–H groups in total. The molecule has 13 heavy (non-hydrogen) atoms. The summed E-state index contributed by atoms with van der Waals surface area (Å²) in [5, 5.41) is 0. The van der Waals surface area contributed by atoms with E-state index in [1.165, 1.54) is 5.57 Å². The molecule has 2 nitrogen and oxygen atoms in total. The van der Waals surface area contributed by atoms with Crippen molar-refractivity contribution < 1.29 is 9.53 Å². The predicted molar refractivity (Wildman–Crippen MR) is 52.6 cm³/mol. The van der Waals surface area contributed by atoms with Gasteiger partial charge in [0, 0.05) is 13.5 Å². The zero-order chi connectivity index (χ0) is 9.90. The third-order valence-electron chi connectivity index (χ3n) is 2.66. The third-order valence-corrected chi connectivity index (χ3v) is 2.66. The van der Waals surface area contributed by atoms with Gasteiger partial charge in [-0.3, -0.25) is 4.79 Å². The van der Waals surface area contributed by atoms with Crippen molar-refractivity contribution >= 4 is 5.78 Å². The topological polar surface area (TPSA) is 26.3 Å². The van der Waals surface area contributed by atoms with Gasteiger partial charge in [-0.2, -0.15) is 0 Å². The molecule has 0 unspecified atom stereocenters. The van der Waals surface area contributed by atoms with E-state index in [0.717, 1.165) is 19.3 Å². The minimum absolute atomic E-state index is 0.0630. The largest absolute Gasteiger partial charge is 0.379 e. The van der Waals surface area contributed by atoms with Crippen LogP contribution >= 0.6 is 0 Å². The number of ether oxygens (including phenoxy) is 1. The van der Waals surface area contributed by atoms with Gasteiger partial charge >= 0.3 is 0 Å². The van der Waals surface area contributed by atoms with Gasteiger partial charge in [0.05, 0.1) is 5.60 Å². The second-order valence-corrected chi connectivity index (χ2v) is 4.23. The summed E-state index contributed by atoms with van der Waals surface area (Å²) >= 11 is 0. The Balaban J connectivity index is 2.35. The summed E-state index contributed by atoms with van der Waals surface area (Å²) in [6.07, 6.45) is 5.45. The molecule has 0 spiro atoms. The SMILES string of the molecule is COC(C)(C)CCC1=CC(=O)CC1. The van der Waals surface area contributed by atoms with Crippen LogP contribution in [0.25, 0.3) is 0 Å². The summed E-state index contributed by atoms with van der Waals surface area (Å²) in [7, 11) is 1.73. The molecule has 0 atom stereocenters. The lowest BCUT2D eigenvalue weighted by molar-refractivity contribution is -0.114. The van der Waals surface area contributed by atoms with Gasteiger partial charge in [-0.25, -0.2) is 0 Å². The smallest absolute Gasteiger partial charge is 0.155 e. The first-order valence-corrected chi connectivity index (χ1v) is 4.81. The molecule has 0 saturated carbocycles. The van der Waals surface area contributed by atoms with E-state index in [1.807, 2.05) is 0 Å². The molecule has 0 aromatic heterocycles. The Morgan fingerprint density at radius 1 is 1.46 bits per heavy atom. The summed E-state index contributed by atoms with van der Waals surface area (Å²) in [4.78, 5) is 10.9. The van der Waals surface area contributed by atoms with Crippen molar-refractivity contribution in [3.05, 3.63) is 11.6 Å². The molecule has 1 aliphatic carbocycles. The summed E-state index contributed by atoms with van der Waals surface area (Å²) < 4.78 is 5.31. The molecule has 0 amide bonds. The van der Waals surface area contributed by atoms with Gasteiger partial charge in [0.2, 0.25) is 0 Å². The highest BCUT2D eigenvalue weighted by Crippen LogP contribution is 2.24. The number of carbonyl (C=O) groups excluding carboxylic acids is 1. The molecular weight excluding hydrogens is 164 g/mol. The van der Waals surface area contributed by atoms with Crippen LogP contribution in [-0.4, -0.2) is 18.5 Å². The van der Waals surface area contributed by atoms with Gasteiger partial charge in [0.25, 0.3) is 0 Å². The average molecular weight is 182 g/mol. The third kappa shape index (κ3) is 3.31. The fourth-order valence-electron chi connectivity index (χ4n) is 1.42. The monoisotopic (exact) mass is 182 g/mol. The van der Waals surface area contributed by atoms with E-state index < -0.39 is 0 Å². The van der Waals surface area contributed by atoms with Crippen molar-refractivity contribution in [2.75, 3.05) is 7.11 Å². The normalized spacial score (nSPS) is 17.8. The Morgan fingerprint density at radius 3 is 2.62 bits per heavy atom. The first-order valence-electron chi connectivity index (χ1n) is 4.81. The van der Waals surface area contributed by atoms with Crippen LogP contribution in [0, 0.1) is 0 Å². The maximum Gasteiger partial charge on any atom is 0.155 e. The zero-order valence-electron chi connectivity index (χ0n) is 8.72. The second kappa shape index (κ2) is 4.05. The van der Waals surface area contributed by atoms with E-state index in [1.54, 1.807) is 13.2 Å². The van der Waals surface area contributed by atoms with Gasteiger partial charge in [0.1, 0.15) is 0 Å². The summed E-state index contributed by atoms with van der Waals surface area (Å²) in [5.41, 5.74) is 1.22. The van der Waals surface area contributed by atoms with Crippen LogP contribution in [-0.2, 0) is 9.53 Å². The van der Waals surface area contributed by atoms with Crippen LogP contribution in [0.5, 0.6) is 0 Å². The summed E-state index contributed by atoms with van der Waals surface area (Å²) in [5.74, 6) is 0.283. The number of rotatable bonds is 4. The van der Waals surface area contributed by atoms with Crippen LogP contribution < -0.4 is 0 Å². The highest BCUT2D eigenvalue weighted by Gasteiger charge is 2.18. The lowest BCUT2D eigenvalue weighted by Crippen LogP contribution is -2.22. The quantitative estimate of drug-likeness (QED) is 0.667. The molecule has 0 fully saturated rings. The van der Waals surface area contributed by atoms with E-state index in [0.29, 0.717) is 6.42 Å². The zero-order valence-corrected chi connectivity index (χ0v) is 8.72. The Kier molecular flexibility index (Phi) is 3.26. The number of hydrogen-bond donors (Lipinski definition) is 0. The standard InChI is InChI=1S/C11H18O2/c1-11(2,13-3)7-6-9-4-5-10(12)8-9/h8H,4-7H2,1-3H3. The molecule has 0 saturated heterocycles. The van der Waals surface area contributed by atoms with Crippen molar-refractivity contribution in [1.29, 1.82) is 0 Å². The fourth-order valence-corrected chi connectivity index (χ4v) is 1.42. The molecule has 1 aliphatic rings. The van der Waals surface area contributed by atoms with Crippen LogP contribution in [0.2, 0.25) is 0 Å². The number of ketones is 1. The van der Waals surface area contributed by atoms with Gasteiger partial charge < -0.3 is 4.74 Å². The van der Waals surface area contributed by atoms with E-state index in [2.05, 4.69) is 13.8 Å². The van der Waals surface area contributed by atoms with E-state index in [-0.39, 0.29) is 11.4 Å². The Labute approximate surface area is 80.0 Å². The number of carbonyl (C=O) groups is 1. The molecule has 2 heteroatoms. The molecule has 0 radical (unpaired) electrons. The lowest BCUT2D eigenvalue weighted by atomic mass is 9.98. The molecule has 0 aromatic rings. The van der Waals surface area contributed by atoms with Crippen molar-refractivity contribution in [1.82, 2.24) is 0 Å². The highest BCUT2D eigenvalue weighted by atomic mass is 16.5. The van der Waals surface area contributed by atoms with Gasteiger partial charge in [-0.05, 0) is 39.2 Å². The first kappa shape index (κ1) is 10.5. The second-order valence-electron chi connectivity index (χ2n) is 4.23.